The summed E-state index contributed by atoms with van der Waals surface area (Å²) in [6.45, 7) is 2.25. The van der Waals surface area contributed by atoms with Gasteiger partial charge in [0.1, 0.15) is 0 Å². The Labute approximate surface area is 107 Å². The first-order valence-electron chi connectivity index (χ1n) is 5.07. The number of amides is 1. The Morgan fingerprint density at radius 3 is 3.06 bits per heavy atom. The molecule has 0 saturated heterocycles. The zero-order chi connectivity index (χ0) is 11.5. The predicted molar refractivity (Wildman–Crippen MR) is 71.9 cm³/mol. The molecular formula is C12H12BrNOS. The van der Waals surface area contributed by atoms with E-state index in [0.29, 0.717) is 6.54 Å². The van der Waals surface area contributed by atoms with E-state index in [1.165, 1.54) is 15.6 Å². The number of fused-ring (bicyclic) bond motifs is 1. The van der Waals surface area contributed by atoms with Crippen molar-refractivity contribution in [3.63, 3.8) is 0 Å². The van der Waals surface area contributed by atoms with Gasteiger partial charge in [0.25, 0.3) is 0 Å². The Hall–Kier alpha value is -0.870. The molecule has 2 rings (SSSR count). The summed E-state index contributed by atoms with van der Waals surface area (Å²) in [6, 6.07) is 6.30. The van der Waals surface area contributed by atoms with Gasteiger partial charge in [-0.2, -0.15) is 0 Å². The first-order valence-corrected chi connectivity index (χ1v) is 6.74. The molecular weight excluding hydrogens is 286 g/mol. The number of halogens is 1. The van der Waals surface area contributed by atoms with Gasteiger partial charge in [-0.15, -0.1) is 11.3 Å². The molecule has 1 aromatic carbocycles. The van der Waals surface area contributed by atoms with Crippen LogP contribution in [0.3, 0.4) is 0 Å². The highest BCUT2D eigenvalue weighted by molar-refractivity contribution is 9.10. The fourth-order valence-corrected chi connectivity index (χ4v) is 2.96. The van der Waals surface area contributed by atoms with Crippen LogP contribution in [0, 0.1) is 0 Å². The number of carbonyl (C=O) groups is 1. The highest BCUT2D eigenvalue weighted by Gasteiger charge is 2.04. The van der Waals surface area contributed by atoms with E-state index in [-0.39, 0.29) is 5.91 Å². The van der Waals surface area contributed by atoms with E-state index in [1.54, 1.807) is 18.3 Å². The summed E-state index contributed by atoms with van der Waals surface area (Å²) in [5, 5.41) is 6.26. The third-order valence-corrected chi connectivity index (χ3v) is 3.89. The van der Waals surface area contributed by atoms with Crippen molar-refractivity contribution in [3.05, 3.63) is 33.6 Å². The number of thiophene rings is 1. The zero-order valence-corrected chi connectivity index (χ0v) is 11.3. The summed E-state index contributed by atoms with van der Waals surface area (Å²) in [5.41, 5.74) is 1.30. The second-order valence-corrected chi connectivity index (χ2v) is 5.46. The molecule has 1 N–H and O–H groups in total. The van der Waals surface area contributed by atoms with Gasteiger partial charge in [0, 0.05) is 22.6 Å². The van der Waals surface area contributed by atoms with Gasteiger partial charge in [0.15, 0.2) is 0 Å². The van der Waals surface area contributed by atoms with E-state index in [1.807, 2.05) is 0 Å². The molecule has 0 aliphatic rings. The highest BCUT2D eigenvalue weighted by atomic mass is 79.9. The van der Waals surface area contributed by atoms with Crippen LogP contribution in [0.5, 0.6) is 0 Å². The van der Waals surface area contributed by atoms with E-state index >= 15 is 0 Å². The Morgan fingerprint density at radius 1 is 1.50 bits per heavy atom. The molecule has 0 aliphatic carbocycles. The van der Waals surface area contributed by atoms with Gasteiger partial charge >= 0.3 is 0 Å². The zero-order valence-electron chi connectivity index (χ0n) is 8.92. The molecule has 2 aromatic rings. The van der Waals surface area contributed by atoms with Crippen LogP contribution in [0.4, 0.5) is 0 Å². The third-order valence-electron chi connectivity index (χ3n) is 2.38. The second kappa shape index (κ2) is 4.97. The lowest BCUT2D eigenvalue weighted by Crippen LogP contribution is -2.22. The molecule has 16 heavy (non-hydrogen) atoms. The molecule has 1 heterocycles. The largest absolute Gasteiger partial charge is 0.356 e. The molecule has 0 aliphatic heterocycles. The number of carbonyl (C=O) groups excluding carboxylic acids is 1. The molecule has 4 heteroatoms. The minimum absolute atomic E-state index is 0.0284. The number of hydrogen-bond donors (Lipinski definition) is 1. The maximum atomic E-state index is 10.8. The second-order valence-electron chi connectivity index (χ2n) is 3.63. The maximum absolute atomic E-state index is 10.8. The summed E-state index contributed by atoms with van der Waals surface area (Å²) < 4.78 is 2.39. The lowest BCUT2D eigenvalue weighted by atomic mass is 10.1. The summed E-state index contributed by atoms with van der Waals surface area (Å²) in [4.78, 5) is 10.8. The average molecular weight is 298 g/mol. The van der Waals surface area contributed by atoms with Gasteiger partial charge in [-0.1, -0.05) is 15.9 Å². The quantitative estimate of drug-likeness (QED) is 0.925. The summed E-state index contributed by atoms with van der Waals surface area (Å²) in [5.74, 6) is 0.0284. The number of benzene rings is 1. The predicted octanol–water partition coefficient (Wildman–Crippen LogP) is 3.34. The Kier molecular flexibility index (Phi) is 3.61. The van der Waals surface area contributed by atoms with Crippen molar-refractivity contribution < 1.29 is 4.79 Å². The van der Waals surface area contributed by atoms with Crippen LogP contribution in [0.2, 0.25) is 0 Å². The van der Waals surface area contributed by atoms with Crippen molar-refractivity contribution in [1.82, 2.24) is 5.32 Å². The van der Waals surface area contributed by atoms with E-state index in [4.69, 9.17) is 0 Å². The number of nitrogens with one attached hydrogen (secondary N) is 1. The van der Waals surface area contributed by atoms with Crippen LogP contribution in [-0.4, -0.2) is 12.5 Å². The van der Waals surface area contributed by atoms with Gasteiger partial charge in [-0.25, -0.2) is 0 Å². The van der Waals surface area contributed by atoms with Crippen molar-refractivity contribution in [2.24, 2.45) is 0 Å². The Morgan fingerprint density at radius 2 is 2.31 bits per heavy atom. The van der Waals surface area contributed by atoms with Gasteiger partial charge in [0.05, 0.1) is 0 Å². The molecule has 0 fully saturated rings. The SMILES string of the molecule is CC(=O)NCCc1csc2ccc(Br)cc12. The van der Waals surface area contributed by atoms with Gasteiger partial charge < -0.3 is 5.32 Å². The fraction of sp³-hybridized carbons (Fsp3) is 0.250. The minimum Gasteiger partial charge on any atom is -0.356 e. The third kappa shape index (κ3) is 2.62. The standard InChI is InChI=1S/C12H12BrNOS/c1-8(15)14-5-4-9-7-16-12-3-2-10(13)6-11(9)12/h2-3,6-7H,4-5H2,1H3,(H,14,15). The van der Waals surface area contributed by atoms with Crippen molar-refractivity contribution in [2.45, 2.75) is 13.3 Å². The van der Waals surface area contributed by atoms with E-state index in [9.17, 15) is 4.79 Å². The molecule has 1 aromatic heterocycles. The number of rotatable bonds is 3. The van der Waals surface area contributed by atoms with Crippen LogP contribution in [-0.2, 0) is 11.2 Å². The van der Waals surface area contributed by atoms with Gasteiger partial charge in [-0.3, -0.25) is 4.79 Å². The van der Waals surface area contributed by atoms with Gasteiger partial charge in [0.2, 0.25) is 5.91 Å². The van der Waals surface area contributed by atoms with E-state index in [0.717, 1.165) is 10.9 Å². The Bertz CT molecular complexity index is 521. The van der Waals surface area contributed by atoms with Gasteiger partial charge in [-0.05, 0) is 40.9 Å². The molecule has 0 unspecified atom stereocenters. The molecule has 0 radical (unpaired) electrons. The summed E-state index contributed by atoms with van der Waals surface area (Å²) in [7, 11) is 0. The lowest BCUT2D eigenvalue weighted by molar-refractivity contribution is -0.118. The van der Waals surface area contributed by atoms with Crippen LogP contribution in [0.15, 0.2) is 28.1 Å². The lowest BCUT2D eigenvalue weighted by Gasteiger charge is -2.01. The maximum Gasteiger partial charge on any atom is 0.216 e. The molecule has 84 valence electrons. The summed E-state index contributed by atoms with van der Waals surface area (Å²) in [6.07, 6.45) is 0.885. The fourth-order valence-electron chi connectivity index (χ4n) is 1.62. The monoisotopic (exact) mass is 297 g/mol. The number of hydrogen-bond acceptors (Lipinski definition) is 2. The topological polar surface area (TPSA) is 29.1 Å². The Balaban J connectivity index is 2.17. The van der Waals surface area contributed by atoms with Crippen molar-refractivity contribution in [2.75, 3.05) is 6.54 Å². The average Bonchev–Trinajstić information content (AvgIpc) is 2.60. The molecule has 0 saturated carbocycles. The highest BCUT2D eigenvalue weighted by Crippen LogP contribution is 2.28. The first-order chi connectivity index (χ1) is 7.66. The van der Waals surface area contributed by atoms with Crippen molar-refractivity contribution >= 4 is 43.3 Å². The van der Waals surface area contributed by atoms with E-state index in [2.05, 4.69) is 44.8 Å². The van der Waals surface area contributed by atoms with Crippen LogP contribution < -0.4 is 5.32 Å². The smallest absolute Gasteiger partial charge is 0.216 e. The van der Waals surface area contributed by atoms with Crippen LogP contribution in [0.1, 0.15) is 12.5 Å². The molecule has 0 spiro atoms. The van der Waals surface area contributed by atoms with Crippen LogP contribution >= 0.6 is 27.3 Å². The molecule has 1 amide bonds. The minimum atomic E-state index is 0.0284. The molecule has 0 bridgehead atoms. The van der Waals surface area contributed by atoms with E-state index < -0.39 is 0 Å². The van der Waals surface area contributed by atoms with Crippen molar-refractivity contribution in [1.29, 1.82) is 0 Å². The molecule has 2 nitrogen and oxygen atoms in total. The first kappa shape index (κ1) is 11.6. The van der Waals surface area contributed by atoms with Crippen LogP contribution in [0.25, 0.3) is 10.1 Å². The van der Waals surface area contributed by atoms with Crippen molar-refractivity contribution in [3.8, 4) is 0 Å². The normalized spacial score (nSPS) is 10.6. The summed E-state index contributed by atoms with van der Waals surface area (Å²) >= 11 is 5.23. The molecule has 0 atom stereocenters.